The molecule has 2 atom stereocenters. The van der Waals surface area contributed by atoms with Crippen LogP contribution in [0.3, 0.4) is 0 Å². The van der Waals surface area contributed by atoms with E-state index in [2.05, 4.69) is 35.7 Å². The highest BCUT2D eigenvalue weighted by Gasteiger charge is 2.36. The van der Waals surface area contributed by atoms with Crippen molar-refractivity contribution in [2.24, 2.45) is 5.92 Å². The number of carbonyl (C=O) groups is 2. The maximum Gasteiger partial charge on any atom is 0.275 e. The lowest BCUT2D eigenvalue weighted by molar-refractivity contribution is -0.131. The molecule has 1 aliphatic rings. The first-order valence-electron chi connectivity index (χ1n) is 8.83. The summed E-state index contributed by atoms with van der Waals surface area (Å²) in [6.45, 7) is 2.06. The van der Waals surface area contributed by atoms with Crippen molar-refractivity contribution in [2.45, 2.75) is 39.0 Å². The first-order chi connectivity index (χ1) is 13.5. The van der Waals surface area contributed by atoms with E-state index in [9.17, 15) is 14.0 Å². The average molecular weight is 387 g/mol. The summed E-state index contributed by atoms with van der Waals surface area (Å²) < 4.78 is 19.4. The zero-order chi connectivity index (χ0) is 19.7. The molecule has 2 N–H and O–H groups in total. The Hall–Kier alpha value is -3.37. The average Bonchev–Trinajstić information content (AvgIpc) is 3.28. The molecule has 0 bridgehead atoms. The van der Waals surface area contributed by atoms with Gasteiger partial charge < -0.3 is 10.6 Å². The van der Waals surface area contributed by atoms with Crippen LogP contribution in [0.1, 0.15) is 40.3 Å². The number of carbonyl (C=O) groups excluding carboxylic acids is 2. The minimum Gasteiger partial charge on any atom is -0.352 e. The van der Waals surface area contributed by atoms with Crippen LogP contribution in [0, 0.1) is 12.8 Å². The van der Waals surface area contributed by atoms with Gasteiger partial charge in [-0.25, -0.2) is 18.5 Å². The normalized spacial score (nSPS) is 18.6. The third kappa shape index (κ3) is 3.55. The molecule has 146 valence electrons. The number of rotatable bonds is 6. The lowest BCUT2D eigenvalue weighted by Gasteiger charge is -2.28. The van der Waals surface area contributed by atoms with Gasteiger partial charge in [-0.15, -0.1) is 0 Å². The third-order valence-corrected chi connectivity index (χ3v) is 4.72. The van der Waals surface area contributed by atoms with E-state index in [0.29, 0.717) is 29.9 Å². The van der Waals surface area contributed by atoms with E-state index >= 15 is 0 Å². The highest BCUT2D eigenvalue weighted by molar-refractivity contribution is 5.92. The fourth-order valence-corrected chi connectivity index (χ4v) is 2.91. The van der Waals surface area contributed by atoms with E-state index in [1.807, 2.05) is 0 Å². The van der Waals surface area contributed by atoms with Crippen LogP contribution in [0.25, 0.3) is 5.65 Å². The summed E-state index contributed by atoms with van der Waals surface area (Å²) in [6, 6.07) is 1.78. The van der Waals surface area contributed by atoms with Gasteiger partial charge in [0, 0.05) is 6.54 Å². The first-order valence-corrected chi connectivity index (χ1v) is 8.83. The fraction of sp³-hybridized carbons (Fsp3) is 0.412. The Morgan fingerprint density at radius 3 is 2.82 bits per heavy atom. The Kier molecular flexibility index (Phi) is 4.72. The van der Waals surface area contributed by atoms with Gasteiger partial charge in [-0.3, -0.25) is 9.59 Å². The molecule has 0 unspecified atom stereocenters. The van der Waals surface area contributed by atoms with Gasteiger partial charge in [-0.2, -0.15) is 5.10 Å². The molecule has 10 nitrogen and oxygen atoms in total. The summed E-state index contributed by atoms with van der Waals surface area (Å²) in [7, 11) is 0. The number of halogens is 1. The molecule has 2 amide bonds. The standard InChI is InChI=1S/C17H18FN7O3/c1-9-15(24-28-23-9)17(27)20-7-11-8-25-14(22-11)4-10(6-21-25)5-19-16(26)12-2-3-13(12)18/h4,6,8,12-13H,2-3,5,7H2,1H3,(H,19,26)(H,20,27)/t12-,13+/m0/s1. The lowest BCUT2D eigenvalue weighted by Crippen LogP contribution is -2.41. The van der Waals surface area contributed by atoms with E-state index < -0.39 is 18.0 Å². The van der Waals surface area contributed by atoms with E-state index in [4.69, 9.17) is 0 Å². The molecule has 0 aliphatic heterocycles. The minimum atomic E-state index is -1.04. The van der Waals surface area contributed by atoms with Crippen LogP contribution in [-0.4, -0.2) is 42.9 Å². The Labute approximate surface area is 158 Å². The summed E-state index contributed by atoms with van der Waals surface area (Å²) in [6.07, 6.45) is 3.29. The molecule has 0 aromatic carbocycles. The molecule has 1 saturated carbocycles. The van der Waals surface area contributed by atoms with Crippen LogP contribution >= 0.6 is 0 Å². The second-order valence-corrected chi connectivity index (χ2v) is 6.70. The summed E-state index contributed by atoms with van der Waals surface area (Å²) >= 11 is 0. The zero-order valence-corrected chi connectivity index (χ0v) is 15.1. The first kappa shape index (κ1) is 18.0. The maximum absolute atomic E-state index is 13.3. The summed E-state index contributed by atoms with van der Waals surface area (Å²) in [5.74, 6) is -1.22. The van der Waals surface area contributed by atoms with Crippen LogP contribution in [0.4, 0.5) is 4.39 Å². The van der Waals surface area contributed by atoms with Gasteiger partial charge in [0.25, 0.3) is 5.91 Å². The predicted octanol–water partition coefficient (Wildman–Crippen LogP) is 0.715. The number of imidazole rings is 1. The smallest absolute Gasteiger partial charge is 0.275 e. The Morgan fingerprint density at radius 1 is 1.29 bits per heavy atom. The molecule has 0 saturated heterocycles. The van der Waals surface area contributed by atoms with Gasteiger partial charge in [-0.05, 0) is 36.6 Å². The minimum absolute atomic E-state index is 0.127. The van der Waals surface area contributed by atoms with Crippen molar-refractivity contribution in [1.29, 1.82) is 0 Å². The number of aromatic nitrogens is 5. The quantitative estimate of drug-likeness (QED) is 0.638. The number of aryl methyl sites for hydroxylation is 1. The van der Waals surface area contributed by atoms with Crippen LogP contribution in [0.5, 0.6) is 0 Å². The molecule has 3 aromatic heterocycles. The van der Waals surface area contributed by atoms with E-state index in [1.165, 1.54) is 0 Å². The van der Waals surface area contributed by atoms with Gasteiger partial charge in [0.15, 0.2) is 11.3 Å². The second-order valence-electron chi connectivity index (χ2n) is 6.70. The Morgan fingerprint density at radius 2 is 2.14 bits per heavy atom. The lowest BCUT2D eigenvalue weighted by atomic mass is 9.82. The molecule has 4 rings (SSSR count). The van der Waals surface area contributed by atoms with Crippen molar-refractivity contribution in [3.8, 4) is 0 Å². The van der Waals surface area contributed by atoms with Crippen LogP contribution in [0.15, 0.2) is 23.1 Å². The van der Waals surface area contributed by atoms with Gasteiger partial charge in [0.1, 0.15) is 11.9 Å². The van der Waals surface area contributed by atoms with Crippen LogP contribution < -0.4 is 10.6 Å². The number of amides is 2. The summed E-state index contributed by atoms with van der Waals surface area (Å²) in [5, 5.41) is 16.8. The highest BCUT2D eigenvalue weighted by atomic mass is 19.1. The maximum atomic E-state index is 13.3. The largest absolute Gasteiger partial charge is 0.352 e. The molecular weight excluding hydrogens is 369 g/mol. The molecule has 11 heteroatoms. The predicted molar refractivity (Wildman–Crippen MR) is 92.7 cm³/mol. The van der Waals surface area contributed by atoms with E-state index in [-0.39, 0.29) is 24.7 Å². The molecule has 3 heterocycles. The van der Waals surface area contributed by atoms with Crippen molar-refractivity contribution in [1.82, 2.24) is 35.5 Å². The number of fused-ring (bicyclic) bond motifs is 1. The molecule has 1 fully saturated rings. The third-order valence-electron chi connectivity index (χ3n) is 4.72. The second kappa shape index (κ2) is 7.33. The number of hydrogen-bond donors (Lipinski definition) is 2. The number of nitrogens with zero attached hydrogens (tertiary/aromatic N) is 5. The highest BCUT2D eigenvalue weighted by Crippen LogP contribution is 2.30. The fourth-order valence-electron chi connectivity index (χ4n) is 2.91. The van der Waals surface area contributed by atoms with Crippen molar-refractivity contribution >= 4 is 17.5 Å². The van der Waals surface area contributed by atoms with Gasteiger partial charge >= 0.3 is 0 Å². The van der Waals surface area contributed by atoms with Crippen LogP contribution in [0.2, 0.25) is 0 Å². The number of hydrogen-bond acceptors (Lipinski definition) is 7. The summed E-state index contributed by atoms with van der Waals surface area (Å²) in [4.78, 5) is 28.3. The Balaban J connectivity index is 1.37. The van der Waals surface area contributed by atoms with Crippen molar-refractivity contribution in [3.63, 3.8) is 0 Å². The molecule has 3 aromatic rings. The monoisotopic (exact) mass is 387 g/mol. The van der Waals surface area contributed by atoms with Crippen molar-refractivity contribution in [2.75, 3.05) is 0 Å². The van der Waals surface area contributed by atoms with E-state index in [1.54, 1.807) is 29.9 Å². The topological polar surface area (TPSA) is 127 Å². The zero-order valence-electron chi connectivity index (χ0n) is 15.1. The number of alkyl halides is 1. The molecule has 0 radical (unpaired) electrons. The van der Waals surface area contributed by atoms with Gasteiger partial charge in [0.2, 0.25) is 5.91 Å². The van der Waals surface area contributed by atoms with E-state index in [0.717, 1.165) is 5.56 Å². The Bertz CT molecular complexity index is 1030. The molecule has 0 spiro atoms. The number of nitrogens with one attached hydrogen (secondary N) is 2. The SMILES string of the molecule is Cc1nonc1C(=O)NCc1cn2ncc(CNC(=O)[C@H]3CC[C@H]3F)cc2n1. The molecule has 28 heavy (non-hydrogen) atoms. The van der Waals surface area contributed by atoms with Gasteiger partial charge in [0.05, 0.1) is 30.6 Å². The van der Waals surface area contributed by atoms with Crippen molar-refractivity contribution < 1.29 is 18.6 Å². The summed E-state index contributed by atoms with van der Waals surface area (Å²) in [5.41, 5.74) is 2.46. The van der Waals surface area contributed by atoms with Crippen LogP contribution in [-0.2, 0) is 17.9 Å². The van der Waals surface area contributed by atoms with Crippen molar-refractivity contribution in [3.05, 3.63) is 41.1 Å². The molecule has 1 aliphatic carbocycles. The van der Waals surface area contributed by atoms with Gasteiger partial charge in [-0.1, -0.05) is 5.16 Å². The molecular formula is C17H18FN7O3.